The molecule has 2 N–H and O–H groups in total. The van der Waals surface area contributed by atoms with Gasteiger partial charge in [0, 0.05) is 22.3 Å². The highest BCUT2D eigenvalue weighted by Gasteiger charge is 2.09. The molecule has 0 aliphatic carbocycles. The summed E-state index contributed by atoms with van der Waals surface area (Å²) >= 11 is 1.66. The number of aromatic nitrogens is 2. The summed E-state index contributed by atoms with van der Waals surface area (Å²) in [6.07, 6.45) is 0.849. The van der Waals surface area contributed by atoms with E-state index >= 15 is 0 Å². The van der Waals surface area contributed by atoms with E-state index in [2.05, 4.69) is 15.3 Å². The summed E-state index contributed by atoms with van der Waals surface area (Å²) in [4.78, 5) is 9.07. The molecule has 2 aromatic heterocycles. The standard InChI is InChI=1S/C12H15N3S/c1-8-11(3-5-13)9(2)15-12(14-8)10-4-6-16-7-10/h4,6-7H,3,5,13H2,1-2H3. The van der Waals surface area contributed by atoms with Crippen LogP contribution >= 0.6 is 11.3 Å². The largest absolute Gasteiger partial charge is 0.330 e. The molecule has 0 aliphatic rings. The van der Waals surface area contributed by atoms with Crippen molar-refractivity contribution in [2.24, 2.45) is 5.73 Å². The van der Waals surface area contributed by atoms with Crippen molar-refractivity contribution in [3.63, 3.8) is 0 Å². The van der Waals surface area contributed by atoms with E-state index < -0.39 is 0 Å². The zero-order valence-electron chi connectivity index (χ0n) is 9.53. The second kappa shape index (κ2) is 4.72. The topological polar surface area (TPSA) is 51.8 Å². The summed E-state index contributed by atoms with van der Waals surface area (Å²) in [5.74, 6) is 0.817. The molecule has 3 nitrogen and oxygen atoms in total. The minimum atomic E-state index is 0.642. The van der Waals surface area contributed by atoms with Crippen molar-refractivity contribution in [2.75, 3.05) is 6.54 Å². The Morgan fingerprint density at radius 1 is 1.25 bits per heavy atom. The molecule has 0 saturated carbocycles. The lowest BCUT2D eigenvalue weighted by Crippen LogP contribution is -2.09. The van der Waals surface area contributed by atoms with Crippen molar-refractivity contribution in [2.45, 2.75) is 20.3 Å². The van der Waals surface area contributed by atoms with Gasteiger partial charge in [0.2, 0.25) is 0 Å². The van der Waals surface area contributed by atoms with Gasteiger partial charge in [-0.15, -0.1) is 0 Å². The van der Waals surface area contributed by atoms with Crippen molar-refractivity contribution in [1.29, 1.82) is 0 Å². The number of hydrogen-bond donors (Lipinski definition) is 1. The lowest BCUT2D eigenvalue weighted by Gasteiger charge is -2.09. The first-order valence-electron chi connectivity index (χ1n) is 5.29. The molecule has 2 rings (SSSR count). The Hall–Kier alpha value is -1.26. The molecule has 0 saturated heterocycles. The minimum absolute atomic E-state index is 0.642. The van der Waals surface area contributed by atoms with Gasteiger partial charge >= 0.3 is 0 Å². The monoisotopic (exact) mass is 233 g/mol. The molecule has 0 atom stereocenters. The summed E-state index contributed by atoms with van der Waals surface area (Å²) in [7, 11) is 0. The van der Waals surface area contributed by atoms with Crippen LogP contribution in [0.3, 0.4) is 0 Å². The van der Waals surface area contributed by atoms with Crippen molar-refractivity contribution in [1.82, 2.24) is 9.97 Å². The van der Waals surface area contributed by atoms with E-state index in [0.29, 0.717) is 6.54 Å². The van der Waals surface area contributed by atoms with Crippen LogP contribution in [-0.2, 0) is 6.42 Å². The Labute approximate surface area is 99.4 Å². The lowest BCUT2D eigenvalue weighted by molar-refractivity contribution is 0.899. The van der Waals surface area contributed by atoms with Crippen molar-refractivity contribution < 1.29 is 0 Å². The van der Waals surface area contributed by atoms with Gasteiger partial charge in [-0.2, -0.15) is 11.3 Å². The Kier molecular flexibility index (Phi) is 3.31. The molecule has 0 aromatic carbocycles. The van der Waals surface area contributed by atoms with Crippen LogP contribution in [0.4, 0.5) is 0 Å². The normalized spacial score (nSPS) is 10.7. The Balaban J connectivity index is 2.45. The summed E-state index contributed by atoms with van der Waals surface area (Å²) < 4.78 is 0. The zero-order chi connectivity index (χ0) is 11.5. The van der Waals surface area contributed by atoms with Gasteiger partial charge in [-0.25, -0.2) is 9.97 Å². The van der Waals surface area contributed by atoms with Crippen LogP contribution < -0.4 is 5.73 Å². The van der Waals surface area contributed by atoms with E-state index in [0.717, 1.165) is 29.2 Å². The number of thiophene rings is 1. The summed E-state index contributed by atoms with van der Waals surface area (Å²) in [6, 6.07) is 2.04. The van der Waals surface area contributed by atoms with Crippen LogP contribution in [0.15, 0.2) is 16.8 Å². The van der Waals surface area contributed by atoms with Gasteiger partial charge in [-0.3, -0.25) is 0 Å². The van der Waals surface area contributed by atoms with E-state index in [1.807, 2.05) is 25.3 Å². The Morgan fingerprint density at radius 3 is 2.44 bits per heavy atom. The molecule has 0 unspecified atom stereocenters. The third-order valence-corrected chi connectivity index (χ3v) is 3.28. The quantitative estimate of drug-likeness (QED) is 0.885. The van der Waals surface area contributed by atoms with E-state index in [4.69, 9.17) is 5.73 Å². The van der Waals surface area contributed by atoms with Crippen molar-refractivity contribution >= 4 is 11.3 Å². The number of nitrogens with zero attached hydrogens (tertiary/aromatic N) is 2. The van der Waals surface area contributed by atoms with Gasteiger partial charge < -0.3 is 5.73 Å². The smallest absolute Gasteiger partial charge is 0.160 e. The SMILES string of the molecule is Cc1nc(-c2ccsc2)nc(C)c1CCN. The third-order valence-electron chi connectivity index (χ3n) is 2.59. The van der Waals surface area contributed by atoms with Crippen LogP contribution in [0.2, 0.25) is 0 Å². The minimum Gasteiger partial charge on any atom is -0.330 e. The maximum Gasteiger partial charge on any atom is 0.160 e. The molecule has 0 bridgehead atoms. The fourth-order valence-electron chi connectivity index (χ4n) is 1.77. The van der Waals surface area contributed by atoms with Gasteiger partial charge in [0.15, 0.2) is 5.82 Å². The fourth-order valence-corrected chi connectivity index (χ4v) is 2.40. The Bertz CT molecular complexity index is 454. The van der Waals surface area contributed by atoms with Crippen LogP contribution in [0.5, 0.6) is 0 Å². The molecule has 2 heterocycles. The third kappa shape index (κ3) is 2.13. The van der Waals surface area contributed by atoms with Gasteiger partial charge in [0.1, 0.15) is 0 Å². The molecule has 0 amide bonds. The van der Waals surface area contributed by atoms with E-state index in [-0.39, 0.29) is 0 Å². The highest BCUT2D eigenvalue weighted by atomic mass is 32.1. The highest BCUT2D eigenvalue weighted by Crippen LogP contribution is 2.21. The van der Waals surface area contributed by atoms with Crippen LogP contribution in [0.25, 0.3) is 11.4 Å². The maximum absolute atomic E-state index is 5.58. The summed E-state index contributed by atoms with van der Waals surface area (Å²) in [5.41, 5.74) is 9.93. The van der Waals surface area contributed by atoms with Crippen LogP contribution in [-0.4, -0.2) is 16.5 Å². The molecule has 0 spiro atoms. The zero-order valence-corrected chi connectivity index (χ0v) is 10.3. The average Bonchev–Trinajstić information content (AvgIpc) is 2.76. The highest BCUT2D eigenvalue weighted by molar-refractivity contribution is 7.08. The lowest BCUT2D eigenvalue weighted by atomic mass is 10.1. The second-order valence-electron chi connectivity index (χ2n) is 3.75. The molecule has 0 fully saturated rings. The number of aryl methyl sites for hydroxylation is 2. The van der Waals surface area contributed by atoms with Gasteiger partial charge in [-0.05, 0) is 43.8 Å². The maximum atomic E-state index is 5.58. The fraction of sp³-hybridized carbons (Fsp3) is 0.333. The number of rotatable bonds is 3. The molecule has 4 heteroatoms. The predicted molar refractivity (Wildman–Crippen MR) is 67.6 cm³/mol. The molecule has 84 valence electrons. The predicted octanol–water partition coefficient (Wildman–Crippen LogP) is 2.32. The van der Waals surface area contributed by atoms with Crippen LogP contribution in [0, 0.1) is 13.8 Å². The molecule has 0 aliphatic heterocycles. The van der Waals surface area contributed by atoms with Crippen LogP contribution in [0.1, 0.15) is 17.0 Å². The molecule has 16 heavy (non-hydrogen) atoms. The summed E-state index contributed by atoms with van der Waals surface area (Å²) in [6.45, 7) is 4.69. The van der Waals surface area contributed by atoms with Gasteiger partial charge in [-0.1, -0.05) is 0 Å². The number of nitrogens with two attached hydrogens (primary N) is 1. The van der Waals surface area contributed by atoms with Crippen molar-refractivity contribution in [3.05, 3.63) is 33.8 Å². The Morgan fingerprint density at radius 2 is 1.94 bits per heavy atom. The molecule has 0 radical (unpaired) electrons. The average molecular weight is 233 g/mol. The van der Waals surface area contributed by atoms with E-state index in [9.17, 15) is 0 Å². The second-order valence-corrected chi connectivity index (χ2v) is 4.53. The van der Waals surface area contributed by atoms with Gasteiger partial charge in [0.05, 0.1) is 0 Å². The van der Waals surface area contributed by atoms with Crippen molar-refractivity contribution in [3.8, 4) is 11.4 Å². The first-order chi connectivity index (χ1) is 7.72. The van der Waals surface area contributed by atoms with Gasteiger partial charge in [0.25, 0.3) is 0 Å². The molecular weight excluding hydrogens is 218 g/mol. The first kappa shape index (κ1) is 11.2. The van der Waals surface area contributed by atoms with E-state index in [1.165, 1.54) is 5.56 Å². The molecular formula is C12H15N3S. The first-order valence-corrected chi connectivity index (χ1v) is 6.23. The summed E-state index contributed by atoms with van der Waals surface area (Å²) in [5, 5.41) is 4.11. The number of hydrogen-bond acceptors (Lipinski definition) is 4. The van der Waals surface area contributed by atoms with E-state index in [1.54, 1.807) is 11.3 Å². The molecule has 2 aromatic rings.